The van der Waals surface area contributed by atoms with Gasteiger partial charge in [-0.15, -0.1) is 29.8 Å². The molecule has 3 heterocycles. The summed E-state index contributed by atoms with van der Waals surface area (Å²) in [6, 6.07) is 66.9. The molecule has 10 rings (SSSR count). The number of fused-ring (bicyclic) bond motifs is 3. The number of aromatic nitrogens is 4. The van der Waals surface area contributed by atoms with Gasteiger partial charge in [-0.1, -0.05) is 230 Å². The van der Waals surface area contributed by atoms with Crippen molar-refractivity contribution in [3.05, 3.63) is 245 Å². The number of pyridine rings is 1. The van der Waals surface area contributed by atoms with Gasteiger partial charge in [-0.05, 0) is 91.0 Å². The summed E-state index contributed by atoms with van der Waals surface area (Å²) in [6.45, 7) is 34.3. The number of para-hydroxylation sites is 1. The van der Waals surface area contributed by atoms with Crippen LogP contribution in [0.5, 0.6) is 11.5 Å². The number of imidazole rings is 1. The predicted octanol–water partition coefficient (Wildman–Crippen LogP) is 17.3. The second-order valence-electron chi connectivity index (χ2n) is 25.6. The van der Waals surface area contributed by atoms with Crippen molar-refractivity contribution in [1.29, 1.82) is 0 Å². The van der Waals surface area contributed by atoms with Gasteiger partial charge in [0.2, 0.25) is 0 Å². The molecule has 0 bridgehead atoms. The SMILES string of the molecule is CC(C)(C)c1cc(Oc2[c-]c3c(c(C(C)(C)C)c2)c2ccccc2n3-c2cc(C(C)(C)C)ccn2)[c-]c(-n2[c-][n+](-c3cc(C(C)(C)c4ccccc4)cc(C(C)(C)c4ccccc4)c3)c(C(C)(C)c3ccccc3)c2)c1.[Pt]. The molecule has 0 radical (unpaired) electrons. The van der Waals surface area contributed by atoms with Crippen molar-refractivity contribution in [1.82, 2.24) is 14.1 Å². The van der Waals surface area contributed by atoms with Crippen LogP contribution in [0.15, 0.2) is 176 Å². The van der Waals surface area contributed by atoms with Gasteiger partial charge in [0.1, 0.15) is 5.82 Å². The molecule has 0 saturated carbocycles. The van der Waals surface area contributed by atoms with Crippen LogP contribution in [0.1, 0.15) is 154 Å². The predicted molar refractivity (Wildman–Crippen MR) is 314 cm³/mol. The minimum absolute atomic E-state index is 0. The molecule has 6 heteroatoms. The molecule has 0 spiro atoms. The Morgan fingerprint density at radius 3 is 1.53 bits per heavy atom. The van der Waals surface area contributed by atoms with Crippen molar-refractivity contribution in [3.63, 3.8) is 0 Å². The molecule has 5 nitrogen and oxygen atoms in total. The van der Waals surface area contributed by atoms with Crippen LogP contribution in [0, 0.1) is 18.5 Å². The minimum atomic E-state index is -0.447. The first kappa shape index (κ1) is 55.0. The first-order valence-corrected chi connectivity index (χ1v) is 26.9. The Bertz CT molecular complexity index is 3680. The van der Waals surface area contributed by atoms with Gasteiger partial charge in [0, 0.05) is 66.7 Å². The smallest absolute Gasteiger partial charge is 0.267 e. The van der Waals surface area contributed by atoms with Crippen LogP contribution < -0.4 is 9.30 Å². The van der Waals surface area contributed by atoms with E-state index in [4.69, 9.17) is 9.72 Å². The van der Waals surface area contributed by atoms with E-state index in [0.29, 0.717) is 11.5 Å². The topological polar surface area (TPSA) is 35.9 Å². The maximum atomic E-state index is 7.15. The van der Waals surface area contributed by atoms with Gasteiger partial charge in [0.25, 0.3) is 6.33 Å². The Morgan fingerprint density at radius 2 is 0.987 bits per heavy atom. The first-order valence-electron chi connectivity index (χ1n) is 26.9. The summed E-state index contributed by atoms with van der Waals surface area (Å²) in [4.78, 5) is 5.00. The van der Waals surface area contributed by atoms with Gasteiger partial charge in [-0.3, -0.25) is 4.57 Å². The van der Waals surface area contributed by atoms with E-state index in [2.05, 4.69) is 306 Å². The summed E-state index contributed by atoms with van der Waals surface area (Å²) < 4.78 is 13.8. The van der Waals surface area contributed by atoms with E-state index in [-0.39, 0.29) is 48.1 Å². The zero-order valence-electron chi connectivity index (χ0n) is 47.8. The van der Waals surface area contributed by atoms with E-state index >= 15 is 0 Å². The fourth-order valence-corrected chi connectivity index (χ4v) is 10.8. The molecular formula is C71H74N4OPt-2. The number of hydrogen-bond donors (Lipinski definition) is 0. The van der Waals surface area contributed by atoms with Gasteiger partial charge in [0.15, 0.2) is 0 Å². The zero-order valence-corrected chi connectivity index (χ0v) is 50.0. The molecule has 77 heavy (non-hydrogen) atoms. The molecule has 396 valence electrons. The minimum Gasteiger partial charge on any atom is -0.510 e. The van der Waals surface area contributed by atoms with Crippen molar-refractivity contribution in [3.8, 4) is 28.7 Å². The van der Waals surface area contributed by atoms with Crippen LogP contribution >= 0.6 is 0 Å². The van der Waals surface area contributed by atoms with Crippen molar-refractivity contribution < 1.29 is 30.4 Å². The van der Waals surface area contributed by atoms with E-state index in [0.717, 1.165) is 50.3 Å². The Hall–Kier alpha value is -6.81. The largest absolute Gasteiger partial charge is 0.510 e. The van der Waals surface area contributed by atoms with E-state index in [1.165, 1.54) is 38.9 Å². The van der Waals surface area contributed by atoms with Crippen molar-refractivity contribution in [2.45, 2.75) is 136 Å². The van der Waals surface area contributed by atoms with Crippen molar-refractivity contribution in [2.75, 3.05) is 0 Å². The van der Waals surface area contributed by atoms with Crippen molar-refractivity contribution in [2.24, 2.45) is 0 Å². The fraction of sp³-hybridized carbons (Fsp3) is 0.296. The van der Waals surface area contributed by atoms with E-state index in [9.17, 15) is 0 Å². The maximum Gasteiger partial charge on any atom is 0.267 e. The Kier molecular flexibility index (Phi) is 14.4. The van der Waals surface area contributed by atoms with E-state index < -0.39 is 5.41 Å². The quantitative estimate of drug-likeness (QED) is 0.0956. The molecule has 10 aromatic rings. The average Bonchev–Trinajstić information content (AvgIpc) is 4.22. The summed E-state index contributed by atoms with van der Waals surface area (Å²) in [6.07, 6.45) is 8.11. The number of benzene rings is 7. The van der Waals surface area contributed by atoms with Gasteiger partial charge in [-0.25, -0.2) is 4.98 Å². The van der Waals surface area contributed by atoms with Crippen LogP contribution in [0.2, 0.25) is 0 Å². The Labute approximate surface area is 473 Å². The summed E-state index contributed by atoms with van der Waals surface area (Å²) >= 11 is 0. The third-order valence-electron chi connectivity index (χ3n) is 15.9. The van der Waals surface area contributed by atoms with Crippen LogP contribution in [-0.4, -0.2) is 14.1 Å². The summed E-state index contributed by atoms with van der Waals surface area (Å²) in [5, 5.41) is 2.31. The standard InChI is InChI=1S/C71H74N4O.Pt/c1-66(2,3)51-35-36-72-64(42-51)75-61-34-26-25-33-59(61)65-60(68(7,8)9)44-58(45-62(65)75)76-57-41-52(67(4,5)6)38-55(43-57)73-46-63(71(14,15)50-31-23-18-24-32-50)74(47-73)56-39-53(69(10,11)48-27-19-16-20-28-48)37-54(40-56)70(12,13)49-29-21-17-22-30-49;/h16-42,44,46H,1-15H3;/q-2;. The molecule has 0 aliphatic carbocycles. The number of ether oxygens (including phenoxy) is 1. The van der Waals surface area contributed by atoms with Crippen LogP contribution in [-0.2, 0) is 53.6 Å². The number of hydrogen-bond acceptors (Lipinski definition) is 2. The molecule has 0 fully saturated rings. The van der Waals surface area contributed by atoms with E-state index in [1.807, 2.05) is 6.20 Å². The molecule has 0 unspecified atom stereocenters. The molecule has 0 amide bonds. The Morgan fingerprint density at radius 1 is 0.468 bits per heavy atom. The van der Waals surface area contributed by atoms with Gasteiger partial charge < -0.3 is 13.9 Å². The average molecular weight is 1190 g/mol. The molecule has 3 aromatic heterocycles. The molecule has 7 aromatic carbocycles. The normalized spacial score (nSPS) is 12.8. The molecule has 0 aliphatic rings. The molecule has 0 saturated heterocycles. The number of nitrogens with zero attached hydrogens (tertiary/aromatic N) is 4. The van der Waals surface area contributed by atoms with Crippen molar-refractivity contribution >= 4 is 21.8 Å². The monoisotopic (exact) mass is 1190 g/mol. The third kappa shape index (κ3) is 10.5. The second-order valence-corrected chi connectivity index (χ2v) is 25.6. The number of rotatable bonds is 11. The Balaban J connectivity index is 0.00000722. The molecule has 0 N–H and O–H groups in total. The van der Waals surface area contributed by atoms with Gasteiger partial charge in [0.05, 0.1) is 11.4 Å². The maximum absolute atomic E-state index is 7.15. The second kappa shape index (κ2) is 20.2. The van der Waals surface area contributed by atoms with Crippen LogP contribution in [0.4, 0.5) is 0 Å². The van der Waals surface area contributed by atoms with Crippen LogP contribution in [0.3, 0.4) is 0 Å². The van der Waals surface area contributed by atoms with Gasteiger partial charge in [-0.2, -0.15) is 11.6 Å². The molecule has 0 aliphatic heterocycles. The molecule has 0 atom stereocenters. The summed E-state index contributed by atoms with van der Waals surface area (Å²) in [5.74, 6) is 2.07. The zero-order chi connectivity index (χ0) is 54.2. The fourth-order valence-electron chi connectivity index (χ4n) is 10.8. The summed E-state index contributed by atoms with van der Waals surface area (Å²) in [5.41, 5.74) is 13.0. The van der Waals surface area contributed by atoms with Crippen LogP contribution in [0.25, 0.3) is 39.0 Å². The van der Waals surface area contributed by atoms with E-state index in [1.54, 1.807) is 0 Å². The first-order chi connectivity index (χ1) is 35.8. The summed E-state index contributed by atoms with van der Waals surface area (Å²) in [7, 11) is 0. The molecular weight excluding hydrogens is 1120 g/mol. The third-order valence-corrected chi connectivity index (χ3v) is 15.9. The van der Waals surface area contributed by atoms with Gasteiger partial charge >= 0.3 is 0 Å².